The number of benzene rings is 2. The Morgan fingerprint density at radius 3 is 2.08 bits per heavy atom. The highest BCUT2D eigenvalue weighted by atomic mass is 32.2. The van der Waals surface area contributed by atoms with Crippen molar-refractivity contribution in [1.29, 1.82) is 0 Å². The van der Waals surface area contributed by atoms with Crippen LogP contribution in [0.1, 0.15) is 31.0 Å². The van der Waals surface area contributed by atoms with Gasteiger partial charge in [0.15, 0.2) is 0 Å². The lowest BCUT2D eigenvalue weighted by Crippen LogP contribution is -2.30. The zero-order chi connectivity index (χ0) is 18.6. The fourth-order valence-electron chi connectivity index (χ4n) is 2.70. The maximum atomic E-state index is 13.0. The topological polar surface area (TPSA) is 49.4 Å². The van der Waals surface area contributed by atoms with E-state index in [-0.39, 0.29) is 22.8 Å². The molecule has 4 nitrogen and oxygen atoms in total. The van der Waals surface area contributed by atoms with Crippen LogP contribution in [0.4, 0.5) is 4.39 Å². The van der Waals surface area contributed by atoms with Crippen LogP contribution in [0.2, 0.25) is 0 Å². The summed E-state index contributed by atoms with van der Waals surface area (Å²) in [6.45, 7) is 4.11. The number of nitrogens with zero attached hydrogens (tertiary/aromatic N) is 1. The number of hydrogen-bond acceptors (Lipinski definition) is 3. The molecule has 6 heteroatoms. The molecule has 0 spiro atoms. The zero-order valence-electron chi connectivity index (χ0n) is 15.0. The van der Waals surface area contributed by atoms with E-state index >= 15 is 0 Å². The Morgan fingerprint density at radius 2 is 1.56 bits per heavy atom. The molecule has 136 valence electrons. The summed E-state index contributed by atoms with van der Waals surface area (Å²) in [7, 11) is -0.368. The minimum Gasteiger partial charge on any atom is -0.307 e. The summed E-state index contributed by atoms with van der Waals surface area (Å²) in [5.41, 5.74) is 2.09. The van der Waals surface area contributed by atoms with E-state index in [9.17, 15) is 12.8 Å². The second-order valence-electron chi connectivity index (χ2n) is 6.48. The predicted octanol–water partition coefficient (Wildman–Crippen LogP) is 3.36. The molecule has 2 rings (SSSR count). The van der Waals surface area contributed by atoms with Crippen LogP contribution >= 0.6 is 0 Å². The molecule has 2 atom stereocenters. The van der Waals surface area contributed by atoms with Gasteiger partial charge in [0.1, 0.15) is 5.82 Å². The molecule has 2 unspecified atom stereocenters. The van der Waals surface area contributed by atoms with E-state index in [2.05, 4.69) is 12.2 Å². The highest BCUT2D eigenvalue weighted by molar-refractivity contribution is 7.89. The number of nitrogens with one attached hydrogen (secondary N) is 1. The van der Waals surface area contributed by atoms with Gasteiger partial charge in [0.25, 0.3) is 0 Å². The van der Waals surface area contributed by atoms with Crippen LogP contribution in [0.15, 0.2) is 53.4 Å². The van der Waals surface area contributed by atoms with Gasteiger partial charge >= 0.3 is 0 Å². The standard InChI is InChI=1S/C19H25FN2O2S/c1-14(13-16-5-9-18(20)10-6-16)21-15(2)17-7-11-19(12-8-17)25(23,24)22(3)4/h5-12,14-15,21H,13H2,1-4H3. The van der Waals surface area contributed by atoms with Crippen LogP contribution in [-0.4, -0.2) is 32.9 Å². The summed E-state index contributed by atoms with van der Waals surface area (Å²) in [5, 5.41) is 3.49. The quantitative estimate of drug-likeness (QED) is 0.820. The molecule has 0 heterocycles. The Morgan fingerprint density at radius 1 is 1.00 bits per heavy atom. The van der Waals surface area contributed by atoms with E-state index in [1.54, 1.807) is 24.3 Å². The molecule has 0 aliphatic rings. The van der Waals surface area contributed by atoms with Crippen molar-refractivity contribution in [2.45, 2.75) is 37.2 Å². The van der Waals surface area contributed by atoms with E-state index < -0.39 is 10.0 Å². The van der Waals surface area contributed by atoms with E-state index in [0.29, 0.717) is 0 Å². The predicted molar refractivity (Wildman–Crippen MR) is 98.4 cm³/mol. The summed E-state index contributed by atoms with van der Waals surface area (Å²) in [4.78, 5) is 0.285. The molecule has 0 radical (unpaired) electrons. The SMILES string of the molecule is CC(Cc1ccc(F)cc1)NC(C)c1ccc(S(=O)(=O)N(C)C)cc1. The largest absolute Gasteiger partial charge is 0.307 e. The Hall–Kier alpha value is -1.76. The van der Waals surface area contributed by atoms with Gasteiger partial charge in [0.2, 0.25) is 10.0 Å². The molecule has 0 aromatic heterocycles. The van der Waals surface area contributed by atoms with Crippen molar-refractivity contribution in [3.63, 3.8) is 0 Å². The summed E-state index contributed by atoms with van der Waals surface area (Å²) in [6.07, 6.45) is 0.789. The minimum atomic E-state index is -3.40. The van der Waals surface area contributed by atoms with Gasteiger partial charge < -0.3 is 5.32 Å². The summed E-state index contributed by atoms with van der Waals surface area (Å²) >= 11 is 0. The van der Waals surface area contributed by atoms with Crippen LogP contribution in [0.3, 0.4) is 0 Å². The maximum absolute atomic E-state index is 13.0. The molecule has 0 fully saturated rings. The van der Waals surface area contributed by atoms with E-state index in [1.165, 1.54) is 30.5 Å². The second-order valence-corrected chi connectivity index (χ2v) is 8.63. The molecule has 0 saturated carbocycles. The Balaban J connectivity index is 2.00. The summed E-state index contributed by atoms with van der Waals surface area (Å²) in [5.74, 6) is -0.231. The molecule has 0 bridgehead atoms. The van der Waals surface area contributed by atoms with Gasteiger partial charge in [-0.1, -0.05) is 24.3 Å². The van der Waals surface area contributed by atoms with Crippen molar-refractivity contribution in [2.75, 3.05) is 14.1 Å². The average molecular weight is 364 g/mol. The molecule has 25 heavy (non-hydrogen) atoms. The first-order chi connectivity index (χ1) is 11.7. The van der Waals surface area contributed by atoms with Crippen molar-refractivity contribution < 1.29 is 12.8 Å². The Bertz CT molecular complexity index is 787. The zero-order valence-corrected chi connectivity index (χ0v) is 15.8. The van der Waals surface area contributed by atoms with Crippen LogP contribution < -0.4 is 5.32 Å². The van der Waals surface area contributed by atoms with Crippen molar-refractivity contribution in [3.8, 4) is 0 Å². The van der Waals surface area contributed by atoms with E-state index in [1.807, 2.05) is 19.1 Å². The van der Waals surface area contributed by atoms with Crippen LogP contribution in [0.5, 0.6) is 0 Å². The first-order valence-corrected chi connectivity index (χ1v) is 9.67. The van der Waals surface area contributed by atoms with Crippen molar-refractivity contribution in [2.24, 2.45) is 0 Å². The van der Waals surface area contributed by atoms with Crippen LogP contribution in [0.25, 0.3) is 0 Å². The Kier molecular flexibility index (Phi) is 6.32. The molecule has 0 aliphatic heterocycles. The van der Waals surface area contributed by atoms with Gasteiger partial charge in [0.05, 0.1) is 4.90 Å². The third kappa shape index (κ3) is 5.11. The maximum Gasteiger partial charge on any atom is 0.242 e. The first kappa shape index (κ1) is 19.6. The molecular weight excluding hydrogens is 339 g/mol. The normalized spacial score (nSPS) is 14.5. The summed E-state index contributed by atoms with van der Waals surface area (Å²) < 4.78 is 38.4. The number of hydrogen-bond donors (Lipinski definition) is 1. The van der Waals surface area contributed by atoms with Crippen molar-refractivity contribution in [3.05, 3.63) is 65.5 Å². The smallest absolute Gasteiger partial charge is 0.242 e. The van der Waals surface area contributed by atoms with Crippen LogP contribution in [0, 0.1) is 5.82 Å². The van der Waals surface area contributed by atoms with Crippen molar-refractivity contribution >= 4 is 10.0 Å². The van der Waals surface area contributed by atoms with E-state index in [0.717, 1.165) is 17.5 Å². The fraction of sp³-hybridized carbons (Fsp3) is 0.368. The van der Waals surface area contributed by atoms with Gasteiger partial charge in [-0.05, 0) is 55.7 Å². The number of rotatable bonds is 7. The molecule has 2 aromatic carbocycles. The lowest BCUT2D eigenvalue weighted by atomic mass is 10.0. The van der Waals surface area contributed by atoms with Crippen molar-refractivity contribution in [1.82, 2.24) is 9.62 Å². The highest BCUT2D eigenvalue weighted by Crippen LogP contribution is 2.19. The van der Waals surface area contributed by atoms with Gasteiger partial charge in [0, 0.05) is 26.2 Å². The van der Waals surface area contributed by atoms with E-state index in [4.69, 9.17) is 0 Å². The molecule has 1 N–H and O–H groups in total. The third-order valence-corrected chi connectivity index (χ3v) is 5.98. The molecule has 0 amide bonds. The average Bonchev–Trinajstić information content (AvgIpc) is 2.56. The monoisotopic (exact) mass is 364 g/mol. The lowest BCUT2D eigenvalue weighted by Gasteiger charge is -2.21. The molecular formula is C19H25FN2O2S. The first-order valence-electron chi connectivity index (χ1n) is 8.23. The van der Waals surface area contributed by atoms with Gasteiger partial charge in [-0.2, -0.15) is 0 Å². The van der Waals surface area contributed by atoms with Gasteiger partial charge in [-0.25, -0.2) is 17.1 Å². The number of sulfonamides is 1. The summed E-state index contributed by atoms with van der Waals surface area (Å²) in [6, 6.07) is 13.7. The van der Waals surface area contributed by atoms with Gasteiger partial charge in [-0.15, -0.1) is 0 Å². The molecule has 0 aliphatic carbocycles. The van der Waals surface area contributed by atoms with Crippen LogP contribution in [-0.2, 0) is 16.4 Å². The minimum absolute atomic E-state index is 0.0755. The molecule has 2 aromatic rings. The number of halogens is 1. The fourth-order valence-corrected chi connectivity index (χ4v) is 3.60. The third-order valence-electron chi connectivity index (χ3n) is 4.15. The second kappa shape index (κ2) is 8.08. The molecule has 0 saturated heterocycles. The highest BCUT2D eigenvalue weighted by Gasteiger charge is 2.17. The van der Waals surface area contributed by atoms with Gasteiger partial charge in [-0.3, -0.25) is 0 Å². The lowest BCUT2D eigenvalue weighted by molar-refractivity contribution is 0.476. The Labute approximate surface area is 149 Å².